The summed E-state index contributed by atoms with van der Waals surface area (Å²) >= 11 is 5.48. The molecule has 0 saturated carbocycles. The van der Waals surface area contributed by atoms with Gasteiger partial charge in [0, 0.05) is 0 Å². The fourth-order valence-electron chi connectivity index (χ4n) is 1.18. The van der Waals surface area contributed by atoms with E-state index in [0.29, 0.717) is 23.8 Å². The Labute approximate surface area is 95.2 Å². The van der Waals surface area contributed by atoms with Crippen molar-refractivity contribution in [2.24, 2.45) is 5.92 Å². The van der Waals surface area contributed by atoms with Crippen molar-refractivity contribution in [1.29, 1.82) is 0 Å². The molecular weight excluding hydrogens is 212 g/mol. The Hall–Kier alpha value is -1.02. The van der Waals surface area contributed by atoms with E-state index in [-0.39, 0.29) is 0 Å². The average Bonchev–Trinajstić information content (AvgIpc) is 2.15. The van der Waals surface area contributed by atoms with Crippen molar-refractivity contribution in [3.63, 3.8) is 0 Å². The van der Waals surface area contributed by atoms with E-state index in [1.54, 1.807) is 12.1 Å². The molecule has 0 N–H and O–H groups in total. The zero-order valence-electron chi connectivity index (χ0n) is 9.21. The van der Waals surface area contributed by atoms with Gasteiger partial charge in [0.15, 0.2) is 0 Å². The molecule has 0 heterocycles. The molecule has 3 heteroatoms. The van der Waals surface area contributed by atoms with Crippen LogP contribution < -0.4 is 4.74 Å². The van der Waals surface area contributed by atoms with Crippen molar-refractivity contribution in [2.75, 3.05) is 6.61 Å². The van der Waals surface area contributed by atoms with Crippen LogP contribution >= 0.6 is 11.6 Å². The summed E-state index contributed by atoms with van der Waals surface area (Å²) in [5.41, 5.74) is 1.44. The van der Waals surface area contributed by atoms with Gasteiger partial charge in [0.25, 0.3) is 5.24 Å². The second-order valence-electron chi connectivity index (χ2n) is 3.98. The quantitative estimate of drug-likeness (QED) is 0.736. The first kappa shape index (κ1) is 12.1. The maximum atomic E-state index is 11.1. The van der Waals surface area contributed by atoms with Crippen LogP contribution in [0.2, 0.25) is 0 Å². The van der Waals surface area contributed by atoms with E-state index >= 15 is 0 Å². The van der Waals surface area contributed by atoms with Gasteiger partial charge in [0.1, 0.15) is 5.75 Å². The molecule has 15 heavy (non-hydrogen) atoms. The van der Waals surface area contributed by atoms with E-state index in [1.165, 1.54) is 0 Å². The van der Waals surface area contributed by atoms with Gasteiger partial charge in [0.05, 0.1) is 12.2 Å². The zero-order chi connectivity index (χ0) is 11.4. The summed E-state index contributed by atoms with van der Waals surface area (Å²) in [6, 6.07) is 5.43. The SMILES string of the molecule is Cc1ccc(OCC(C)C)c(C(=O)Cl)c1. The third-order valence-electron chi connectivity index (χ3n) is 1.92. The molecule has 0 aliphatic heterocycles. The molecular formula is C12H15ClO2. The molecule has 0 aromatic heterocycles. The predicted molar refractivity (Wildman–Crippen MR) is 61.7 cm³/mol. The van der Waals surface area contributed by atoms with Gasteiger partial charge >= 0.3 is 0 Å². The van der Waals surface area contributed by atoms with Crippen LogP contribution in [0, 0.1) is 12.8 Å². The van der Waals surface area contributed by atoms with Crippen molar-refractivity contribution >= 4 is 16.8 Å². The summed E-state index contributed by atoms with van der Waals surface area (Å²) in [5, 5.41) is -0.475. The lowest BCUT2D eigenvalue weighted by molar-refractivity contribution is 0.107. The van der Waals surface area contributed by atoms with Gasteiger partial charge in [0.2, 0.25) is 0 Å². The Bertz CT molecular complexity index is 359. The number of ether oxygens (including phenoxy) is 1. The first-order valence-corrected chi connectivity index (χ1v) is 5.31. The molecule has 82 valence electrons. The van der Waals surface area contributed by atoms with Gasteiger partial charge in [-0.05, 0) is 36.6 Å². The zero-order valence-corrected chi connectivity index (χ0v) is 9.97. The molecule has 1 aromatic carbocycles. The summed E-state index contributed by atoms with van der Waals surface area (Å²) in [4.78, 5) is 11.1. The summed E-state index contributed by atoms with van der Waals surface area (Å²) in [6.07, 6.45) is 0. The molecule has 0 radical (unpaired) electrons. The van der Waals surface area contributed by atoms with Crippen molar-refractivity contribution in [3.8, 4) is 5.75 Å². The van der Waals surface area contributed by atoms with Crippen LogP contribution in [0.4, 0.5) is 0 Å². The highest BCUT2D eigenvalue weighted by Gasteiger charge is 2.10. The highest BCUT2D eigenvalue weighted by molar-refractivity contribution is 6.68. The third kappa shape index (κ3) is 3.56. The molecule has 0 atom stereocenters. The fourth-order valence-corrected chi connectivity index (χ4v) is 1.33. The summed E-state index contributed by atoms with van der Waals surface area (Å²) in [5.74, 6) is 0.985. The Morgan fingerprint density at radius 1 is 1.47 bits per heavy atom. The van der Waals surface area contributed by atoms with E-state index in [1.807, 2.05) is 13.0 Å². The summed E-state index contributed by atoms with van der Waals surface area (Å²) in [7, 11) is 0. The molecule has 0 aliphatic carbocycles. The lowest BCUT2D eigenvalue weighted by Gasteiger charge is -2.11. The largest absolute Gasteiger partial charge is 0.493 e. The maximum Gasteiger partial charge on any atom is 0.256 e. The van der Waals surface area contributed by atoms with Crippen molar-refractivity contribution in [3.05, 3.63) is 29.3 Å². The minimum absolute atomic E-state index is 0.421. The van der Waals surface area contributed by atoms with Crippen molar-refractivity contribution < 1.29 is 9.53 Å². The number of carbonyl (C=O) groups excluding carboxylic acids is 1. The Kier molecular flexibility index (Phi) is 4.15. The normalized spacial score (nSPS) is 10.5. The first-order chi connectivity index (χ1) is 7.00. The van der Waals surface area contributed by atoms with Crippen LogP contribution in [-0.4, -0.2) is 11.8 Å². The highest BCUT2D eigenvalue weighted by atomic mass is 35.5. The number of halogens is 1. The minimum Gasteiger partial charge on any atom is -0.493 e. The summed E-state index contributed by atoms with van der Waals surface area (Å²) < 4.78 is 5.51. The van der Waals surface area contributed by atoms with Crippen molar-refractivity contribution in [2.45, 2.75) is 20.8 Å². The highest BCUT2D eigenvalue weighted by Crippen LogP contribution is 2.22. The molecule has 1 rings (SSSR count). The molecule has 0 fully saturated rings. The molecule has 1 aromatic rings. The Balaban J connectivity index is 2.91. The number of benzene rings is 1. The molecule has 0 amide bonds. The summed E-state index contributed by atoms with van der Waals surface area (Å²) in [6.45, 7) is 6.60. The van der Waals surface area contributed by atoms with Crippen LogP contribution in [0.5, 0.6) is 5.75 Å². The molecule has 0 saturated heterocycles. The van der Waals surface area contributed by atoms with E-state index in [2.05, 4.69) is 13.8 Å². The van der Waals surface area contributed by atoms with Crippen LogP contribution in [0.15, 0.2) is 18.2 Å². The molecule has 0 bridgehead atoms. The van der Waals surface area contributed by atoms with Gasteiger partial charge in [-0.15, -0.1) is 0 Å². The fraction of sp³-hybridized carbons (Fsp3) is 0.417. The lowest BCUT2D eigenvalue weighted by atomic mass is 10.1. The number of rotatable bonds is 4. The van der Waals surface area contributed by atoms with Gasteiger partial charge < -0.3 is 4.74 Å². The van der Waals surface area contributed by atoms with Gasteiger partial charge in [-0.25, -0.2) is 0 Å². The Morgan fingerprint density at radius 3 is 2.67 bits per heavy atom. The predicted octanol–water partition coefficient (Wildman–Crippen LogP) is 3.41. The second kappa shape index (κ2) is 5.17. The number of hydrogen-bond donors (Lipinski definition) is 0. The van der Waals surface area contributed by atoms with Gasteiger partial charge in [-0.3, -0.25) is 4.79 Å². The third-order valence-corrected chi connectivity index (χ3v) is 2.12. The smallest absolute Gasteiger partial charge is 0.256 e. The van der Waals surface area contributed by atoms with E-state index in [0.717, 1.165) is 5.56 Å². The van der Waals surface area contributed by atoms with E-state index in [9.17, 15) is 4.79 Å². The standard InChI is InChI=1S/C12H15ClO2/c1-8(2)7-15-11-5-4-9(3)6-10(11)12(13)14/h4-6,8H,7H2,1-3H3. The molecule has 0 unspecified atom stereocenters. The molecule has 2 nitrogen and oxygen atoms in total. The maximum absolute atomic E-state index is 11.1. The monoisotopic (exact) mass is 226 g/mol. The topological polar surface area (TPSA) is 26.3 Å². The second-order valence-corrected chi connectivity index (χ2v) is 4.32. The minimum atomic E-state index is -0.475. The van der Waals surface area contributed by atoms with E-state index < -0.39 is 5.24 Å². The first-order valence-electron chi connectivity index (χ1n) is 4.94. The van der Waals surface area contributed by atoms with Gasteiger partial charge in [-0.2, -0.15) is 0 Å². The van der Waals surface area contributed by atoms with Crippen LogP contribution in [0.3, 0.4) is 0 Å². The Morgan fingerprint density at radius 2 is 2.13 bits per heavy atom. The van der Waals surface area contributed by atoms with Crippen LogP contribution in [-0.2, 0) is 0 Å². The van der Waals surface area contributed by atoms with Crippen molar-refractivity contribution in [1.82, 2.24) is 0 Å². The van der Waals surface area contributed by atoms with Crippen LogP contribution in [0.25, 0.3) is 0 Å². The van der Waals surface area contributed by atoms with Gasteiger partial charge in [-0.1, -0.05) is 25.5 Å². The molecule has 0 spiro atoms. The number of aryl methyl sites for hydroxylation is 1. The number of carbonyl (C=O) groups is 1. The number of hydrogen-bond acceptors (Lipinski definition) is 2. The van der Waals surface area contributed by atoms with E-state index in [4.69, 9.17) is 16.3 Å². The van der Waals surface area contributed by atoms with Crippen LogP contribution in [0.1, 0.15) is 29.8 Å². The molecule has 0 aliphatic rings. The lowest BCUT2D eigenvalue weighted by Crippen LogP contribution is -2.07. The average molecular weight is 227 g/mol.